The standard InChI is InChI=1S/C24H18Cl2N2O3S/c1-2-31-19-11-7-17(8-12-19)27-21-22(32-20-13-5-16(26)6-14-20)24(30)28(23(21)29)18-9-3-15(25)4-10-18/h3-14,27H,2H2,1H3. The highest BCUT2D eigenvalue weighted by molar-refractivity contribution is 8.04. The van der Waals surface area contributed by atoms with E-state index in [1.807, 2.05) is 6.92 Å². The molecule has 0 aliphatic carbocycles. The number of carbonyl (C=O) groups excluding carboxylic acids is 2. The molecular weight excluding hydrogens is 467 g/mol. The Bertz CT molecular complexity index is 1180. The molecule has 0 unspecified atom stereocenters. The predicted octanol–water partition coefficient (Wildman–Crippen LogP) is 6.38. The van der Waals surface area contributed by atoms with Gasteiger partial charge in [0, 0.05) is 20.6 Å². The highest BCUT2D eigenvalue weighted by Crippen LogP contribution is 2.38. The number of nitrogens with one attached hydrogen (secondary N) is 1. The Labute approximate surface area is 200 Å². The number of thioether (sulfide) groups is 1. The van der Waals surface area contributed by atoms with E-state index in [-0.39, 0.29) is 5.70 Å². The first-order valence-corrected chi connectivity index (χ1v) is 11.4. The largest absolute Gasteiger partial charge is 0.494 e. The molecular formula is C24H18Cl2N2O3S. The molecule has 0 saturated carbocycles. The lowest BCUT2D eigenvalue weighted by molar-refractivity contribution is -0.120. The van der Waals surface area contributed by atoms with Gasteiger partial charge < -0.3 is 10.1 Å². The number of hydrogen-bond acceptors (Lipinski definition) is 5. The summed E-state index contributed by atoms with van der Waals surface area (Å²) >= 11 is 13.2. The fourth-order valence-corrected chi connectivity index (χ4v) is 4.28. The van der Waals surface area contributed by atoms with Gasteiger partial charge in [-0.25, -0.2) is 4.90 Å². The number of carbonyl (C=O) groups is 2. The van der Waals surface area contributed by atoms with Gasteiger partial charge in [0.15, 0.2) is 0 Å². The van der Waals surface area contributed by atoms with E-state index in [9.17, 15) is 9.59 Å². The Hall–Kier alpha value is -2.93. The van der Waals surface area contributed by atoms with Gasteiger partial charge >= 0.3 is 0 Å². The summed E-state index contributed by atoms with van der Waals surface area (Å²) in [5.74, 6) is -0.132. The molecule has 3 aromatic carbocycles. The molecule has 0 aromatic heterocycles. The van der Waals surface area contributed by atoms with E-state index in [0.29, 0.717) is 32.9 Å². The van der Waals surface area contributed by atoms with Crippen LogP contribution < -0.4 is 15.0 Å². The first-order chi connectivity index (χ1) is 15.5. The Morgan fingerprint density at radius 2 is 1.44 bits per heavy atom. The molecule has 0 bridgehead atoms. The van der Waals surface area contributed by atoms with Crippen molar-refractivity contribution in [3.05, 3.63) is 93.4 Å². The summed E-state index contributed by atoms with van der Waals surface area (Å²) in [6.45, 7) is 2.47. The first-order valence-electron chi connectivity index (χ1n) is 9.78. The van der Waals surface area contributed by atoms with E-state index >= 15 is 0 Å². The molecule has 0 fully saturated rings. The van der Waals surface area contributed by atoms with Crippen LogP contribution in [0.1, 0.15) is 6.92 Å². The van der Waals surface area contributed by atoms with Crippen molar-refractivity contribution >= 4 is 58.2 Å². The molecule has 0 spiro atoms. The minimum Gasteiger partial charge on any atom is -0.494 e. The molecule has 162 valence electrons. The average Bonchev–Trinajstić information content (AvgIpc) is 3.01. The molecule has 1 heterocycles. The van der Waals surface area contributed by atoms with Gasteiger partial charge in [0.05, 0.1) is 12.3 Å². The van der Waals surface area contributed by atoms with Gasteiger partial charge in [-0.3, -0.25) is 9.59 Å². The maximum Gasteiger partial charge on any atom is 0.283 e. The summed E-state index contributed by atoms with van der Waals surface area (Å²) < 4.78 is 5.47. The minimum absolute atomic E-state index is 0.203. The maximum atomic E-state index is 13.3. The van der Waals surface area contributed by atoms with E-state index in [1.54, 1.807) is 72.8 Å². The fraction of sp³-hybridized carbons (Fsp3) is 0.0833. The van der Waals surface area contributed by atoms with E-state index in [4.69, 9.17) is 27.9 Å². The molecule has 3 aromatic rings. The van der Waals surface area contributed by atoms with Crippen molar-refractivity contribution in [1.82, 2.24) is 0 Å². The van der Waals surface area contributed by atoms with Crippen molar-refractivity contribution in [2.24, 2.45) is 0 Å². The average molecular weight is 485 g/mol. The lowest BCUT2D eigenvalue weighted by Crippen LogP contribution is -2.32. The Kier molecular flexibility index (Phi) is 6.74. The number of rotatable bonds is 7. The van der Waals surface area contributed by atoms with Gasteiger partial charge in [-0.05, 0) is 79.7 Å². The monoisotopic (exact) mass is 484 g/mol. The van der Waals surface area contributed by atoms with Crippen LogP contribution in [-0.4, -0.2) is 18.4 Å². The zero-order valence-corrected chi connectivity index (χ0v) is 19.3. The molecule has 0 atom stereocenters. The van der Waals surface area contributed by atoms with Crippen LogP contribution >= 0.6 is 35.0 Å². The summed E-state index contributed by atoms with van der Waals surface area (Å²) in [7, 11) is 0. The van der Waals surface area contributed by atoms with Gasteiger partial charge in [-0.1, -0.05) is 35.0 Å². The highest BCUT2D eigenvalue weighted by Gasteiger charge is 2.40. The summed E-state index contributed by atoms with van der Waals surface area (Å²) in [6.07, 6.45) is 0. The summed E-state index contributed by atoms with van der Waals surface area (Å²) in [6, 6.07) is 20.8. The summed E-state index contributed by atoms with van der Waals surface area (Å²) in [5.41, 5.74) is 1.31. The van der Waals surface area contributed by atoms with Crippen molar-refractivity contribution in [3.63, 3.8) is 0 Å². The van der Waals surface area contributed by atoms with Gasteiger partial charge in [0.1, 0.15) is 16.4 Å². The third-order valence-corrected chi connectivity index (χ3v) is 6.19. The lowest BCUT2D eigenvalue weighted by Gasteiger charge is -2.15. The van der Waals surface area contributed by atoms with E-state index in [1.165, 1.54) is 11.8 Å². The third-order valence-electron chi connectivity index (χ3n) is 4.59. The summed E-state index contributed by atoms with van der Waals surface area (Å²) in [4.78, 5) is 28.9. The van der Waals surface area contributed by atoms with Gasteiger partial charge in [0.25, 0.3) is 11.8 Å². The van der Waals surface area contributed by atoms with E-state index in [2.05, 4.69) is 5.32 Å². The molecule has 1 aliphatic rings. The number of imide groups is 1. The number of amides is 2. The number of hydrogen-bond donors (Lipinski definition) is 1. The van der Waals surface area contributed by atoms with Crippen molar-refractivity contribution in [3.8, 4) is 5.75 Å². The number of halogens is 2. The van der Waals surface area contributed by atoms with Gasteiger partial charge in [-0.15, -0.1) is 0 Å². The molecule has 5 nitrogen and oxygen atoms in total. The number of ether oxygens (including phenoxy) is 1. The second-order valence-electron chi connectivity index (χ2n) is 6.76. The van der Waals surface area contributed by atoms with Crippen LogP contribution in [0.5, 0.6) is 5.75 Å². The van der Waals surface area contributed by atoms with Crippen molar-refractivity contribution < 1.29 is 14.3 Å². The molecule has 0 radical (unpaired) electrons. The van der Waals surface area contributed by atoms with Crippen molar-refractivity contribution in [2.45, 2.75) is 11.8 Å². The van der Waals surface area contributed by atoms with E-state index in [0.717, 1.165) is 15.5 Å². The van der Waals surface area contributed by atoms with Gasteiger partial charge in [-0.2, -0.15) is 0 Å². The van der Waals surface area contributed by atoms with Crippen molar-refractivity contribution in [1.29, 1.82) is 0 Å². The lowest BCUT2D eigenvalue weighted by atomic mass is 10.2. The summed E-state index contributed by atoms with van der Waals surface area (Å²) in [5, 5.41) is 4.23. The Balaban J connectivity index is 1.69. The van der Waals surface area contributed by atoms with Crippen LogP contribution in [0.2, 0.25) is 10.0 Å². The molecule has 2 amide bonds. The SMILES string of the molecule is CCOc1ccc(NC2=C(Sc3ccc(Cl)cc3)C(=O)N(c3ccc(Cl)cc3)C2=O)cc1. The normalized spacial score (nSPS) is 13.7. The van der Waals surface area contributed by atoms with Crippen LogP contribution in [-0.2, 0) is 9.59 Å². The highest BCUT2D eigenvalue weighted by atomic mass is 35.5. The molecule has 8 heteroatoms. The second kappa shape index (κ2) is 9.69. The number of anilines is 2. The number of benzene rings is 3. The fourth-order valence-electron chi connectivity index (χ4n) is 3.11. The number of nitrogens with zero attached hydrogens (tertiary/aromatic N) is 1. The topological polar surface area (TPSA) is 58.6 Å². The second-order valence-corrected chi connectivity index (χ2v) is 8.72. The van der Waals surface area contributed by atoms with Crippen LogP contribution in [0.15, 0.2) is 88.3 Å². The zero-order valence-electron chi connectivity index (χ0n) is 17.0. The predicted molar refractivity (Wildman–Crippen MR) is 130 cm³/mol. The first kappa shape index (κ1) is 22.3. The maximum absolute atomic E-state index is 13.3. The molecule has 32 heavy (non-hydrogen) atoms. The Morgan fingerprint density at radius 1 is 0.844 bits per heavy atom. The molecule has 0 saturated heterocycles. The van der Waals surface area contributed by atoms with Crippen LogP contribution in [0, 0.1) is 0 Å². The van der Waals surface area contributed by atoms with Crippen LogP contribution in [0.4, 0.5) is 11.4 Å². The third kappa shape index (κ3) is 4.78. The minimum atomic E-state index is -0.442. The Morgan fingerprint density at radius 3 is 2.03 bits per heavy atom. The van der Waals surface area contributed by atoms with Gasteiger partial charge in [0.2, 0.25) is 0 Å². The smallest absolute Gasteiger partial charge is 0.283 e. The van der Waals surface area contributed by atoms with E-state index < -0.39 is 11.8 Å². The molecule has 1 aliphatic heterocycles. The van der Waals surface area contributed by atoms with Crippen LogP contribution in [0.25, 0.3) is 0 Å². The van der Waals surface area contributed by atoms with Crippen LogP contribution in [0.3, 0.4) is 0 Å². The van der Waals surface area contributed by atoms with Crippen molar-refractivity contribution in [2.75, 3.05) is 16.8 Å². The zero-order chi connectivity index (χ0) is 22.7. The quantitative estimate of drug-likeness (QED) is 0.394. The molecule has 4 rings (SSSR count). The molecule has 1 N–H and O–H groups in total.